The van der Waals surface area contributed by atoms with E-state index in [4.69, 9.17) is 9.47 Å². The average molecular weight is 483 g/mol. The highest BCUT2D eigenvalue weighted by Gasteiger charge is 2.18. The van der Waals surface area contributed by atoms with Crippen LogP contribution in [0.4, 0.5) is 11.4 Å². The zero-order valence-electron chi connectivity index (χ0n) is 19.1. The van der Waals surface area contributed by atoms with Gasteiger partial charge in [-0.15, -0.1) is 0 Å². The predicted octanol–water partition coefficient (Wildman–Crippen LogP) is 3.77. The minimum Gasteiger partial charge on any atom is -0.484 e. The molecule has 0 aromatic heterocycles. The van der Waals surface area contributed by atoms with Crippen LogP contribution in [0, 0.1) is 6.92 Å². The first-order chi connectivity index (χ1) is 16.2. The summed E-state index contributed by atoms with van der Waals surface area (Å²) in [5.74, 6) is -0.630. The highest BCUT2D eigenvalue weighted by Crippen LogP contribution is 2.24. The molecule has 0 saturated heterocycles. The molecule has 0 aliphatic heterocycles. The van der Waals surface area contributed by atoms with E-state index in [1.165, 1.54) is 11.4 Å². The van der Waals surface area contributed by atoms with Gasteiger partial charge in [0.05, 0.1) is 36.8 Å². The number of hydrogen-bond acceptors (Lipinski definition) is 6. The highest BCUT2D eigenvalue weighted by molar-refractivity contribution is 7.92. The van der Waals surface area contributed by atoms with Crippen LogP contribution in [0.1, 0.15) is 21.5 Å². The Morgan fingerprint density at radius 2 is 1.59 bits per heavy atom. The van der Waals surface area contributed by atoms with Crippen molar-refractivity contribution in [2.45, 2.75) is 13.5 Å². The quantitative estimate of drug-likeness (QED) is 0.466. The van der Waals surface area contributed by atoms with Crippen LogP contribution >= 0.6 is 0 Å². The van der Waals surface area contributed by atoms with E-state index in [0.29, 0.717) is 17.1 Å². The number of nitrogens with one attached hydrogen (secondary N) is 1. The van der Waals surface area contributed by atoms with Gasteiger partial charge in [-0.3, -0.25) is 9.10 Å². The number of amides is 1. The molecule has 0 atom stereocenters. The number of hydrogen-bond donors (Lipinski definition) is 1. The summed E-state index contributed by atoms with van der Waals surface area (Å²) in [5.41, 5.74) is 2.98. The van der Waals surface area contributed by atoms with Crippen LogP contribution in [0.5, 0.6) is 5.75 Å². The molecule has 0 aliphatic rings. The third-order valence-electron chi connectivity index (χ3n) is 4.95. The lowest BCUT2D eigenvalue weighted by atomic mass is 10.1. The summed E-state index contributed by atoms with van der Waals surface area (Å²) in [7, 11) is -2.26. The molecule has 0 spiro atoms. The van der Waals surface area contributed by atoms with Gasteiger partial charge in [0.15, 0.2) is 6.61 Å². The number of anilines is 2. The SMILES string of the molecule is COC(=O)c1ccccc1NC(=O)COc1ccc(N(Cc2ccc(C)cc2)S(C)(=O)=O)cc1. The molecule has 8 nitrogen and oxygen atoms in total. The zero-order valence-corrected chi connectivity index (χ0v) is 20.0. The molecule has 0 radical (unpaired) electrons. The van der Waals surface area contributed by atoms with Gasteiger partial charge >= 0.3 is 5.97 Å². The molecule has 0 aliphatic carbocycles. The number of methoxy groups -OCH3 is 1. The van der Waals surface area contributed by atoms with Crippen LogP contribution in [0.3, 0.4) is 0 Å². The number of nitrogens with zero attached hydrogens (tertiary/aromatic N) is 1. The fourth-order valence-corrected chi connectivity index (χ4v) is 4.07. The first-order valence-electron chi connectivity index (χ1n) is 10.4. The van der Waals surface area contributed by atoms with Crippen molar-refractivity contribution in [3.63, 3.8) is 0 Å². The van der Waals surface area contributed by atoms with Crippen LogP contribution in [0.25, 0.3) is 0 Å². The number of carbonyl (C=O) groups is 2. The van der Waals surface area contributed by atoms with Crippen molar-refractivity contribution in [1.29, 1.82) is 0 Å². The van der Waals surface area contributed by atoms with Crippen LogP contribution in [0.2, 0.25) is 0 Å². The normalized spacial score (nSPS) is 10.9. The number of benzene rings is 3. The molecule has 1 N–H and O–H groups in total. The molecule has 3 aromatic rings. The molecule has 0 heterocycles. The summed E-state index contributed by atoms with van der Waals surface area (Å²) in [6.45, 7) is 1.87. The largest absolute Gasteiger partial charge is 0.484 e. The first-order valence-corrected chi connectivity index (χ1v) is 12.3. The summed E-state index contributed by atoms with van der Waals surface area (Å²) in [6.07, 6.45) is 1.15. The van der Waals surface area contributed by atoms with E-state index in [-0.39, 0.29) is 18.7 Å². The van der Waals surface area contributed by atoms with Gasteiger partial charge in [0.1, 0.15) is 5.75 Å². The maximum Gasteiger partial charge on any atom is 0.339 e. The summed E-state index contributed by atoms with van der Waals surface area (Å²) < 4.78 is 36.3. The topological polar surface area (TPSA) is 102 Å². The van der Waals surface area contributed by atoms with Gasteiger partial charge in [0.25, 0.3) is 5.91 Å². The van der Waals surface area contributed by atoms with Crippen molar-refractivity contribution in [1.82, 2.24) is 0 Å². The molecule has 3 aromatic carbocycles. The number of ether oxygens (including phenoxy) is 2. The van der Waals surface area contributed by atoms with E-state index in [9.17, 15) is 18.0 Å². The van der Waals surface area contributed by atoms with Gasteiger partial charge in [-0.1, -0.05) is 42.0 Å². The van der Waals surface area contributed by atoms with E-state index in [2.05, 4.69) is 5.32 Å². The molecular weight excluding hydrogens is 456 g/mol. The van der Waals surface area contributed by atoms with Gasteiger partial charge in [-0.2, -0.15) is 0 Å². The average Bonchev–Trinajstić information content (AvgIpc) is 2.82. The predicted molar refractivity (Wildman–Crippen MR) is 131 cm³/mol. The number of sulfonamides is 1. The lowest BCUT2D eigenvalue weighted by Crippen LogP contribution is -2.29. The Bertz CT molecular complexity index is 1260. The lowest BCUT2D eigenvalue weighted by molar-refractivity contribution is -0.118. The van der Waals surface area contributed by atoms with E-state index in [0.717, 1.165) is 17.4 Å². The molecule has 3 rings (SSSR count). The van der Waals surface area contributed by atoms with Crippen LogP contribution in [-0.4, -0.2) is 40.3 Å². The number of para-hydroxylation sites is 1. The van der Waals surface area contributed by atoms with Gasteiger partial charge in [-0.05, 0) is 48.9 Å². The van der Waals surface area contributed by atoms with E-state index in [1.807, 2.05) is 31.2 Å². The molecular formula is C25H26N2O6S. The van der Waals surface area contributed by atoms with E-state index >= 15 is 0 Å². The monoisotopic (exact) mass is 482 g/mol. The Morgan fingerprint density at radius 1 is 0.941 bits per heavy atom. The van der Waals surface area contributed by atoms with Gasteiger partial charge in [-0.25, -0.2) is 13.2 Å². The lowest BCUT2D eigenvalue weighted by Gasteiger charge is -2.23. The Labute approximate surface area is 199 Å². The minimum atomic E-state index is -3.52. The summed E-state index contributed by atoms with van der Waals surface area (Å²) in [5, 5.41) is 2.62. The van der Waals surface area contributed by atoms with E-state index < -0.39 is 21.9 Å². The standard InChI is InChI=1S/C25H26N2O6S/c1-18-8-10-19(11-9-18)16-27(34(3,30)31)20-12-14-21(15-13-20)33-17-24(28)26-23-7-5-4-6-22(23)25(29)32-2/h4-15H,16-17H2,1-3H3,(H,26,28). The molecule has 34 heavy (non-hydrogen) atoms. The number of aryl methyl sites for hydroxylation is 1. The van der Waals surface area contributed by atoms with Crippen molar-refractivity contribution < 1.29 is 27.5 Å². The fourth-order valence-electron chi connectivity index (χ4n) is 3.18. The fraction of sp³-hybridized carbons (Fsp3) is 0.200. The summed E-state index contributed by atoms with van der Waals surface area (Å²) in [4.78, 5) is 24.1. The van der Waals surface area contributed by atoms with Crippen LogP contribution in [-0.2, 0) is 26.1 Å². The van der Waals surface area contributed by atoms with E-state index in [1.54, 1.807) is 48.5 Å². The van der Waals surface area contributed by atoms with Gasteiger partial charge < -0.3 is 14.8 Å². The number of esters is 1. The highest BCUT2D eigenvalue weighted by atomic mass is 32.2. The molecule has 178 valence electrons. The first kappa shape index (κ1) is 24.8. The Morgan fingerprint density at radius 3 is 2.21 bits per heavy atom. The Kier molecular flexibility index (Phi) is 7.91. The maximum atomic E-state index is 12.4. The molecule has 0 bridgehead atoms. The third kappa shape index (κ3) is 6.58. The van der Waals surface area contributed by atoms with Crippen LogP contribution in [0.15, 0.2) is 72.8 Å². The number of rotatable bonds is 9. The van der Waals surface area contributed by atoms with Crippen molar-refractivity contribution >= 4 is 33.3 Å². The maximum absolute atomic E-state index is 12.4. The second-order valence-corrected chi connectivity index (χ2v) is 9.53. The summed E-state index contributed by atoms with van der Waals surface area (Å²) in [6, 6.07) is 20.6. The van der Waals surface area contributed by atoms with Crippen molar-refractivity contribution in [3.8, 4) is 5.75 Å². The Balaban J connectivity index is 1.65. The smallest absolute Gasteiger partial charge is 0.339 e. The minimum absolute atomic E-state index is 0.196. The molecule has 0 unspecified atom stereocenters. The molecule has 1 amide bonds. The van der Waals surface area contributed by atoms with Gasteiger partial charge in [0.2, 0.25) is 10.0 Å². The van der Waals surface area contributed by atoms with Crippen molar-refractivity contribution in [2.75, 3.05) is 29.6 Å². The second-order valence-electron chi connectivity index (χ2n) is 7.62. The third-order valence-corrected chi connectivity index (χ3v) is 6.09. The molecule has 0 fully saturated rings. The van der Waals surface area contributed by atoms with Crippen LogP contribution < -0.4 is 14.4 Å². The summed E-state index contributed by atoms with van der Waals surface area (Å²) >= 11 is 0. The van der Waals surface area contributed by atoms with Crippen molar-refractivity contribution in [2.24, 2.45) is 0 Å². The second kappa shape index (κ2) is 10.8. The molecule has 0 saturated carbocycles. The van der Waals surface area contributed by atoms with Crippen molar-refractivity contribution in [3.05, 3.63) is 89.5 Å². The number of carbonyl (C=O) groups excluding carboxylic acids is 2. The zero-order chi connectivity index (χ0) is 24.7. The Hall–Kier alpha value is -3.85. The van der Waals surface area contributed by atoms with Gasteiger partial charge in [0, 0.05) is 0 Å². The molecule has 9 heteroatoms.